The topological polar surface area (TPSA) is 95.5 Å². The van der Waals surface area contributed by atoms with Crippen LogP contribution in [-0.4, -0.2) is 35.0 Å². The molecule has 0 radical (unpaired) electrons. The van der Waals surface area contributed by atoms with Crippen LogP contribution in [0.25, 0.3) is 0 Å². The van der Waals surface area contributed by atoms with Crippen LogP contribution in [0, 0.1) is 5.41 Å². The summed E-state index contributed by atoms with van der Waals surface area (Å²) in [5.74, 6) is -2.00. The summed E-state index contributed by atoms with van der Waals surface area (Å²) in [5, 5.41) is 14.0. The van der Waals surface area contributed by atoms with Crippen LogP contribution in [0.1, 0.15) is 33.6 Å². The highest BCUT2D eigenvalue weighted by Crippen LogP contribution is 2.46. The molecule has 1 rings (SSSR count). The number of hydrogen-bond donors (Lipinski definition) is 3. The number of carboxylic acids is 1. The van der Waals surface area contributed by atoms with E-state index in [0.717, 1.165) is 0 Å². The second-order valence-corrected chi connectivity index (χ2v) is 4.75. The highest BCUT2D eigenvalue weighted by atomic mass is 16.4. The first kappa shape index (κ1) is 13.5. The molecule has 1 saturated carbocycles. The lowest BCUT2D eigenvalue weighted by molar-refractivity contribution is -0.149. The van der Waals surface area contributed by atoms with Gasteiger partial charge in [0, 0.05) is 6.04 Å². The molecule has 0 heterocycles. The van der Waals surface area contributed by atoms with Gasteiger partial charge in [-0.15, -0.1) is 0 Å². The Balaban J connectivity index is 2.52. The van der Waals surface area contributed by atoms with E-state index in [1.165, 1.54) is 6.92 Å². The van der Waals surface area contributed by atoms with Gasteiger partial charge in [-0.1, -0.05) is 0 Å². The summed E-state index contributed by atoms with van der Waals surface area (Å²) in [6.45, 7) is 5.16. The van der Waals surface area contributed by atoms with E-state index >= 15 is 0 Å². The minimum atomic E-state index is -1.30. The Morgan fingerprint density at radius 1 is 1.12 bits per heavy atom. The van der Waals surface area contributed by atoms with Gasteiger partial charge in [0.15, 0.2) is 0 Å². The molecule has 1 aliphatic rings. The Hall–Kier alpha value is -1.59. The summed E-state index contributed by atoms with van der Waals surface area (Å²) in [6.07, 6.45) is 0.680. The molecular weight excluding hydrogens is 224 g/mol. The van der Waals surface area contributed by atoms with Crippen molar-refractivity contribution in [1.82, 2.24) is 10.6 Å². The Morgan fingerprint density at radius 3 is 2.00 bits per heavy atom. The van der Waals surface area contributed by atoms with Gasteiger partial charge in [-0.25, -0.2) is 0 Å². The van der Waals surface area contributed by atoms with Gasteiger partial charge in [0.05, 0.1) is 0 Å². The van der Waals surface area contributed by atoms with E-state index < -0.39 is 23.3 Å². The lowest BCUT2D eigenvalue weighted by atomic mass is 10.1. The number of hydrogen-bond acceptors (Lipinski definition) is 3. The predicted molar refractivity (Wildman–Crippen MR) is 60.2 cm³/mol. The Bertz CT molecular complexity index is 347. The van der Waals surface area contributed by atoms with Crippen molar-refractivity contribution in [3.05, 3.63) is 0 Å². The van der Waals surface area contributed by atoms with Crippen LogP contribution in [0.2, 0.25) is 0 Å². The highest BCUT2D eigenvalue weighted by molar-refractivity contribution is 6.06. The average Bonchev–Trinajstić information content (AvgIpc) is 2.96. The van der Waals surface area contributed by atoms with Crippen LogP contribution in [0.15, 0.2) is 0 Å². The standard InChI is InChI=1S/C11H18N2O4/c1-6(2)12-8(14)7(3)13-9(15)11(4-5-11)10(16)17/h6-7H,4-5H2,1-3H3,(H,12,14)(H,13,15)(H,16,17). The first-order valence-electron chi connectivity index (χ1n) is 5.64. The van der Waals surface area contributed by atoms with Crippen molar-refractivity contribution in [3.63, 3.8) is 0 Å². The van der Waals surface area contributed by atoms with Crippen LogP contribution in [0.4, 0.5) is 0 Å². The van der Waals surface area contributed by atoms with Gasteiger partial charge < -0.3 is 15.7 Å². The van der Waals surface area contributed by atoms with Crippen LogP contribution in [0.3, 0.4) is 0 Å². The number of carbonyl (C=O) groups is 3. The zero-order valence-electron chi connectivity index (χ0n) is 10.2. The van der Waals surface area contributed by atoms with Gasteiger partial charge in [-0.3, -0.25) is 14.4 Å². The molecule has 2 amide bonds. The molecule has 0 bridgehead atoms. The van der Waals surface area contributed by atoms with E-state index in [0.29, 0.717) is 12.8 Å². The summed E-state index contributed by atoms with van der Waals surface area (Å²) >= 11 is 0. The number of aliphatic carboxylic acids is 1. The molecule has 1 fully saturated rings. The maximum absolute atomic E-state index is 11.7. The maximum Gasteiger partial charge on any atom is 0.319 e. The van der Waals surface area contributed by atoms with E-state index in [4.69, 9.17) is 5.11 Å². The molecule has 0 spiro atoms. The summed E-state index contributed by atoms with van der Waals surface area (Å²) in [4.78, 5) is 34.1. The monoisotopic (exact) mass is 242 g/mol. The molecule has 6 heteroatoms. The van der Waals surface area contributed by atoms with E-state index in [2.05, 4.69) is 10.6 Å². The molecule has 0 aliphatic heterocycles. The quantitative estimate of drug-likeness (QED) is 0.586. The lowest BCUT2D eigenvalue weighted by Gasteiger charge is -2.18. The summed E-state index contributed by atoms with van der Waals surface area (Å²) in [7, 11) is 0. The molecule has 1 aliphatic carbocycles. The van der Waals surface area contributed by atoms with Crippen molar-refractivity contribution in [1.29, 1.82) is 0 Å². The third kappa shape index (κ3) is 2.95. The predicted octanol–water partition coefficient (Wildman–Crippen LogP) is -0.119. The molecular formula is C11H18N2O4. The van der Waals surface area contributed by atoms with Crippen molar-refractivity contribution in [2.75, 3.05) is 0 Å². The normalized spacial score (nSPS) is 18.4. The maximum atomic E-state index is 11.7. The summed E-state index contributed by atoms with van der Waals surface area (Å²) < 4.78 is 0. The van der Waals surface area contributed by atoms with E-state index in [-0.39, 0.29) is 11.9 Å². The van der Waals surface area contributed by atoms with Gasteiger partial charge in [0.2, 0.25) is 11.8 Å². The zero-order valence-corrected chi connectivity index (χ0v) is 10.2. The third-order valence-electron chi connectivity index (χ3n) is 2.77. The molecule has 3 N–H and O–H groups in total. The van der Waals surface area contributed by atoms with E-state index in [1.807, 2.05) is 13.8 Å². The lowest BCUT2D eigenvalue weighted by Crippen LogP contribution is -2.50. The smallest absolute Gasteiger partial charge is 0.319 e. The van der Waals surface area contributed by atoms with Crippen LogP contribution >= 0.6 is 0 Å². The van der Waals surface area contributed by atoms with Gasteiger partial charge >= 0.3 is 5.97 Å². The van der Waals surface area contributed by atoms with Crippen molar-refractivity contribution in [3.8, 4) is 0 Å². The van der Waals surface area contributed by atoms with Crippen molar-refractivity contribution >= 4 is 17.8 Å². The second kappa shape index (κ2) is 4.73. The summed E-state index contributed by atoms with van der Waals surface area (Å²) in [5.41, 5.74) is -1.30. The van der Waals surface area contributed by atoms with Crippen molar-refractivity contribution < 1.29 is 19.5 Å². The van der Waals surface area contributed by atoms with Gasteiger partial charge in [-0.2, -0.15) is 0 Å². The average molecular weight is 242 g/mol. The minimum absolute atomic E-state index is 0.0174. The van der Waals surface area contributed by atoms with Gasteiger partial charge in [0.1, 0.15) is 11.5 Å². The van der Waals surface area contributed by atoms with Crippen molar-refractivity contribution in [2.24, 2.45) is 5.41 Å². The fraction of sp³-hybridized carbons (Fsp3) is 0.727. The van der Waals surface area contributed by atoms with E-state index in [9.17, 15) is 14.4 Å². The molecule has 0 aromatic heterocycles. The highest BCUT2D eigenvalue weighted by Gasteiger charge is 2.57. The second-order valence-electron chi connectivity index (χ2n) is 4.75. The zero-order chi connectivity index (χ0) is 13.2. The number of rotatable bonds is 5. The summed E-state index contributed by atoms with van der Waals surface area (Å²) in [6, 6.07) is -0.738. The van der Waals surface area contributed by atoms with Crippen molar-refractivity contribution in [2.45, 2.75) is 45.7 Å². The molecule has 0 aromatic rings. The van der Waals surface area contributed by atoms with Crippen LogP contribution in [-0.2, 0) is 14.4 Å². The largest absolute Gasteiger partial charge is 0.480 e. The molecule has 0 saturated heterocycles. The molecule has 0 aromatic carbocycles. The van der Waals surface area contributed by atoms with Crippen LogP contribution < -0.4 is 10.6 Å². The third-order valence-corrected chi connectivity index (χ3v) is 2.77. The number of nitrogens with one attached hydrogen (secondary N) is 2. The fourth-order valence-electron chi connectivity index (χ4n) is 1.47. The van der Waals surface area contributed by atoms with Crippen LogP contribution in [0.5, 0.6) is 0 Å². The Kier molecular flexibility index (Phi) is 3.75. The molecule has 96 valence electrons. The number of carbonyl (C=O) groups excluding carboxylic acids is 2. The van der Waals surface area contributed by atoms with Gasteiger partial charge in [0.25, 0.3) is 0 Å². The first-order chi connectivity index (χ1) is 7.79. The number of amides is 2. The SMILES string of the molecule is CC(C)NC(=O)C(C)NC(=O)C1(C(=O)O)CC1. The first-order valence-corrected chi connectivity index (χ1v) is 5.64. The van der Waals surface area contributed by atoms with E-state index in [1.54, 1.807) is 0 Å². The number of carboxylic acid groups (broad SMARTS) is 1. The minimum Gasteiger partial charge on any atom is -0.480 e. The fourth-order valence-corrected chi connectivity index (χ4v) is 1.47. The molecule has 1 atom stereocenters. The Morgan fingerprint density at radius 2 is 1.65 bits per heavy atom. The molecule has 17 heavy (non-hydrogen) atoms. The Labute approximate surface area is 99.8 Å². The molecule has 6 nitrogen and oxygen atoms in total. The molecule has 1 unspecified atom stereocenters. The van der Waals surface area contributed by atoms with Gasteiger partial charge in [-0.05, 0) is 33.6 Å².